The second kappa shape index (κ2) is 9.62. The quantitative estimate of drug-likeness (QED) is 0.499. The van der Waals surface area contributed by atoms with E-state index >= 15 is 0 Å². The zero-order valence-electron chi connectivity index (χ0n) is 18.6. The van der Waals surface area contributed by atoms with E-state index in [9.17, 15) is 18.0 Å². The van der Waals surface area contributed by atoms with Gasteiger partial charge in [-0.15, -0.1) is 13.2 Å². The summed E-state index contributed by atoms with van der Waals surface area (Å²) in [6, 6.07) is 13.2. The third kappa shape index (κ3) is 8.52. The summed E-state index contributed by atoms with van der Waals surface area (Å²) < 4.78 is 47.0. The van der Waals surface area contributed by atoms with Crippen LogP contribution >= 0.6 is 0 Å². The summed E-state index contributed by atoms with van der Waals surface area (Å²) in [6.45, 7) is 11.2. The van der Waals surface area contributed by atoms with Crippen molar-refractivity contribution in [1.82, 2.24) is 0 Å². The van der Waals surface area contributed by atoms with Gasteiger partial charge in [0.25, 0.3) is 0 Å². The van der Waals surface area contributed by atoms with Gasteiger partial charge in [0.2, 0.25) is 5.91 Å². The van der Waals surface area contributed by atoms with Crippen molar-refractivity contribution in [3.8, 4) is 11.5 Å². The van der Waals surface area contributed by atoms with Crippen molar-refractivity contribution in [3.63, 3.8) is 0 Å². The Morgan fingerprint density at radius 3 is 2.13 bits per heavy atom. The Morgan fingerprint density at radius 1 is 0.935 bits per heavy atom. The molecule has 31 heavy (non-hydrogen) atoms. The number of carbonyl (C=O) groups is 1. The van der Waals surface area contributed by atoms with Gasteiger partial charge < -0.3 is 14.8 Å². The van der Waals surface area contributed by atoms with Gasteiger partial charge in [0.15, 0.2) is 5.75 Å². The number of carbonyl (C=O) groups excluding carboxylic acids is 1. The molecule has 2 rings (SSSR count). The summed E-state index contributed by atoms with van der Waals surface area (Å²) in [5.41, 5.74) is 1.38. The first kappa shape index (κ1) is 24.6. The lowest BCUT2D eigenvalue weighted by molar-refractivity contribution is -0.274. The molecule has 7 heteroatoms. The Morgan fingerprint density at radius 2 is 1.55 bits per heavy atom. The Bertz CT molecular complexity index is 869. The average Bonchev–Trinajstić information content (AvgIpc) is 2.61. The van der Waals surface area contributed by atoms with Crippen LogP contribution < -0.4 is 14.8 Å². The molecule has 0 fully saturated rings. The molecule has 4 nitrogen and oxygen atoms in total. The number of nitrogens with one attached hydrogen (secondary N) is 1. The fraction of sp³-hybridized carbons (Fsp3) is 0.458. The molecule has 0 bridgehead atoms. The number of anilines is 1. The smallest absolute Gasteiger partial charge is 0.493 e. The lowest BCUT2D eigenvalue weighted by Gasteiger charge is -2.33. The SMILES string of the molecule is CC(C)(C)CC(C)(C)c1ccc(OCCC(=O)Nc2ccccc2OC(F)(F)F)cc1. The van der Waals surface area contributed by atoms with Gasteiger partial charge in [0, 0.05) is 0 Å². The van der Waals surface area contributed by atoms with Crippen molar-refractivity contribution in [2.24, 2.45) is 5.41 Å². The topological polar surface area (TPSA) is 47.6 Å². The summed E-state index contributed by atoms with van der Waals surface area (Å²) in [5.74, 6) is -0.303. The Hall–Kier alpha value is -2.70. The van der Waals surface area contributed by atoms with E-state index in [4.69, 9.17) is 4.74 Å². The third-order valence-electron chi connectivity index (χ3n) is 4.59. The van der Waals surface area contributed by atoms with Gasteiger partial charge in [-0.25, -0.2) is 0 Å². The molecule has 0 aliphatic rings. The normalized spacial score (nSPS) is 12.4. The first-order valence-corrected chi connectivity index (χ1v) is 10.1. The molecule has 0 unspecified atom stereocenters. The highest BCUT2D eigenvalue weighted by molar-refractivity contribution is 5.92. The highest BCUT2D eigenvalue weighted by Gasteiger charge is 2.32. The van der Waals surface area contributed by atoms with Crippen LogP contribution in [0.2, 0.25) is 0 Å². The summed E-state index contributed by atoms with van der Waals surface area (Å²) in [6.07, 6.45) is -3.82. The molecule has 0 aliphatic carbocycles. The second-order valence-corrected chi connectivity index (χ2v) is 9.34. The van der Waals surface area contributed by atoms with Crippen molar-refractivity contribution in [3.05, 3.63) is 54.1 Å². The number of ether oxygens (including phenoxy) is 2. The number of hydrogen-bond acceptors (Lipinski definition) is 3. The van der Waals surface area contributed by atoms with Gasteiger partial charge in [-0.1, -0.05) is 58.9 Å². The van der Waals surface area contributed by atoms with Crippen molar-refractivity contribution in [2.75, 3.05) is 11.9 Å². The first-order valence-electron chi connectivity index (χ1n) is 10.1. The fourth-order valence-corrected chi connectivity index (χ4v) is 3.69. The van der Waals surface area contributed by atoms with E-state index < -0.39 is 18.0 Å². The van der Waals surface area contributed by atoms with Gasteiger partial charge >= 0.3 is 6.36 Å². The van der Waals surface area contributed by atoms with Crippen LogP contribution in [0.25, 0.3) is 0 Å². The lowest BCUT2D eigenvalue weighted by Crippen LogP contribution is -2.24. The van der Waals surface area contributed by atoms with E-state index in [0.29, 0.717) is 5.75 Å². The Kier molecular flexibility index (Phi) is 7.63. The molecular formula is C24H30F3NO3. The predicted molar refractivity (Wildman–Crippen MR) is 115 cm³/mol. The molecular weight excluding hydrogens is 407 g/mol. The van der Waals surface area contributed by atoms with Crippen LogP contribution in [0.15, 0.2) is 48.5 Å². The van der Waals surface area contributed by atoms with E-state index in [-0.39, 0.29) is 29.5 Å². The highest BCUT2D eigenvalue weighted by atomic mass is 19.4. The first-order chi connectivity index (χ1) is 14.3. The summed E-state index contributed by atoms with van der Waals surface area (Å²) in [5, 5.41) is 2.43. The van der Waals surface area contributed by atoms with Gasteiger partial charge in [-0.05, 0) is 47.1 Å². The number of alkyl halides is 3. The van der Waals surface area contributed by atoms with Crippen molar-refractivity contribution >= 4 is 11.6 Å². The molecule has 2 aromatic rings. The van der Waals surface area contributed by atoms with Crippen LogP contribution in [0.4, 0.5) is 18.9 Å². The maximum absolute atomic E-state index is 12.5. The van der Waals surface area contributed by atoms with Crippen LogP contribution in [-0.2, 0) is 10.2 Å². The van der Waals surface area contributed by atoms with Crippen LogP contribution in [0, 0.1) is 5.41 Å². The molecule has 0 atom stereocenters. The summed E-state index contributed by atoms with van der Waals surface area (Å²) >= 11 is 0. The predicted octanol–water partition coefficient (Wildman–Crippen LogP) is 6.71. The standard InChI is InChI=1S/C24H30F3NO3/c1-22(2,3)16-23(4,5)17-10-12-18(13-11-17)30-15-14-21(29)28-19-8-6-7-9-20(19)31-24(25,26)27/h6-13H,14-16H2,1-5H3,(H,28,29). The van der Waals surface area contributed by atoms with E-state index in [0.717, 1.165) is 12.5 Å². The molecule has 170 valence electrons. The van der Waals surface area contributed by atoms with Crippen molar-refractivity contribution in [2.45, 2.75) is 59.2 Å². The molecule has 0 saturated carbocycles. The molecule has 0 aliphatic heterocycles. The molecule has 2 aromatic carbocycles. The number of benzene rings is 2. The largest absolute Gasteiger partial charge is 0.573 e. The van der Waals surface area contributed by atoms with Crippen LogP contribution in [-0.4, -0.2) is 18.9 Å². The summed E-state index contributed by atoms with van der Waals surface area (Å²) in [7, 11) is 0. The van der Waals surface area contributed by atoms with E-state index in [1.165, 1.54) is 23.8 Å². The molecule has 0 heterocycles. The van der Waals surface area contributed by atoms with Gasteiger partial charge in [-0.3, -0.25) is 4.79 Å². The molecule has 1 amide bonds. The van der Waals surface area contributed by atoms with Gasteiger partial charge in [0.1, 0.15) is 5.75 Å². The molecule has 0 spiro atoms. The summed E-state index contributed by atoms with van der Waals surface area (Å²) in [4.78, 5) is 12.1. The average molecular weight is 438 g/mol. The molecule has 0 saturated heterocycles. The number of para-hydroxylation sites is 2. The number of halogens is 3. The lowest BCUT2D eigenvalue weighted by atomic mass is 9.72. The molecule has 0 radical (unpaired) electrons. The minimum Gasteiger partial charge on any atom is -0.493 e. The monoisotopic (exact) mass is 437 g/mol. The van der Waals surface area contributed by atoms with Crippen LogP contribution in [0.3, 0.4) is 0 Å². The minimum absolute atomic E-state index is 0.0162. The molecule has 1 N–H and O–H groups in total. The minimum atomic E-state index is -4.84. The van der Waals surface area contributed by atoms with Crippen molar-refractivity contribution in [1.29, 1.82) is 0 Å². The number of amides is 1. The van der Waals surface area contributed by atoms with Gasteiger partial charge in [-0.2, -0.15) is 0 Å². The van der Waals surface area contributed by atoms with E-state index in [1.807, 2.05) is 24.3 Å². The third-order valence-corrected chi connectivity index (χ3v) is 4.59. The van der Waals surface area contributed by atoms with E-state index in [1.54, 1.807) is 0 Å². The second-order valence-electron chi connectivity index (χ2n) is 9.34. The molecule has 0 aromatic heterocycles. The number of rotatable bonds is 8. The van der Waals surface area contributed by atoms with Gasteiger partial charge in [0.05, 0.1) is 18.7 Å². The highest BCUT2D eigenvalue weighted by Crippen LogP contribution is 2.36. The van der Waals surface area contributed by atoms with Crippen molar-refractivity contribution < 1.29 is 27.4 Å². The maximum Gasteiger partial charge on any atom is 0.573 e. The van der Waals surface area contributed by atoms with E-state index in [2.05, 4.69) is 44.7 Å². The number of hydrogen-bond donors (Lipinski definition) is 1. The zero-order valence-corrected chi connectivity index (χ0v) is 18.6. The van der Waals surface area contributed by atoms with Crippen LogP contribution in [0.1, 0.15) is 53.0 Å². The maximum atomic E-state index is 12.5. The Labute approximate surface area is 181 Å². The zero-order chi connectivity index (χ0) is 23.3. The van der Waals surface area contributed by atoms with Crippen LogP contribution in [0.5, 0.6) is 11.5 Å². The Balaban J connectivity index is 1.88. The fourth-order valence-electron chi connectivity index (χ4n) is 3.69.